The summed E-state index contributed by atoms with van der Waals surface area (Å²) in [6.07, 6.45) is 12.3. The maximum atomic E-state index is 5.41. The van der Waals surface area contributed by atoms with Crippen LogP contribution in [0.5, 0.6) is 0 Å². The van der Waals surface area contributed by atoms with E-state index in [0.717, 1.165) is 0 Å². The molecule has 2 aliphatic rings. The van der Waals surface area contributed by atoms with Gasteiger partial charge in [0.25, 0.3) is 0 Å². The third-order valence-electron chi connectivity index (χ3n) is 2.31. The molecule has 2 unspecified atom stereocenters. The van der Waals surface area contributed by atoms with E-state index in [-0.39, 0.29) is 0 Å². The van der Waals surface area contributed by atoms with Gasteiger partial charge in [-0.2, -0.15) is 0 Å². The summed E-state index contributed by atoms with van der Waals surface area (Å²) in [5, 5.41) is 0. The Bertz CT molecular complexity index is 140. The first-order chi connectivity index (χ1) is 4.97. The third-order valence-corrected chi connectivity index (χ3v) is 2.31. The zero-order valence-electron chi connectivity index (χ0n) is 6.25. The second kappa shape index (κ2) is 2.75. The first-order valence-corrected chi connectivity index (χ1v) is 4.29. The molecule has 0 spiro atoms. The van der Waals surface area contributed by atoms with Crippen LogP contribution >= 0.6 is 0 Å². The average Bonchev–Trinajstić information content (AvgIpc) is 2.66. The van der Waals surface area contributed by atoms with Crippen molar-refractivity contribution in [1.82, 2.24) is 0 Å². The molecule has 2 atom stereocenters. The van der Waals surface area contributed by atoms with E-state index in [0.29, 0.717) is 12.2 Å². The van der Waals surface area contributed by atoms with E-state index in [1.807, 2.05) is 0 Å². The zero-order chi connectivity index (χ0) is 6.81. The summed E-state index contributed by atoms with van der Waals surface area (Å²) >= 11 is 0. The molecule has 1 saturated heterocycles. The van der Waals surface area contributed by atoms with E-state index in [1.165, 1.54) is 32.1 Å². The van der Waals surface area contributed by atoms with Crippen LogP contribution in [0.4, 0.5) is 0 Å². The largest absolute Gasteiger partial charge is 0.365 e. The van der Waals surface area contributed by atoms with Gasteiger partial charge in [0.15, 0.2) is 0 Å². The average molecular weight is 138 g/mol. The number of allylic oxidation sites excluding steroid dienone is 1. The van der Waals surface area contributed by atoms with E-state index in [9.17, 15) is 0 Å². The summed E-state index contributed by atoms with van der Waals surface area (Å²) in [6.45, 7) is 0. The van der Waals surface area contributed by atoms with Gasteiger partial charge in [-0.25, -0.2) is 0 Å². The zero-order valence-corrected chi connectivity index (χ0v) is 6.25. The minimum Gasteiger partial charge on any atom is -0.365 e. The van der Waals surface area contributed by atoms with Gasteiger partial charge in [-0.3, -0.25) is 0 Å². The van der Waals surface area contributed by atoms with Gasteiger partial charge >= 0.3 is 0 Å². The molecular formula is C9H14O. The summed E-state index contributed by atoms with van der Waals surface area (Å²) in [6, 6.07) is 0. The molecule has 0 aromatic rings. The second-order valence-electron chi connectivity index (χ2n) is 3.21. The van der Waals surface area contributed by atoms with Crippen LogP contribution in [0.15, 0.2) is 12.2 Å². The minimum atomic E-state index is 0.498. The predicted molar refractivity (Wildman–Crippen MR) is 40.9 cm³/mol. The van der Waals surface area contributed by atoms with Crippen LogP contribution in [-0.4, -0.2) is 12.2 Å². The van der Waals surface area contributed by atoms with Crippen LogP contribution in [-0.2, 0) is 4.74 Å². The van der Waals surface area contributed by atoms with Gasteiger partial charge in [-0.15, -0.1) is 0 Å². The maximum Gasteiger partial charge on any atom is 0.102 e. The Hall–Kier alpha value is -0.300. The Morgan fingerprint density at radius 3 is 3.20 bits per heavy atom. The molecule has 10 heavy (non-hydrogen) atoms. The quantitative estimate of drug-likeness (QED) is 0.369. The fourth-order valence-electron chi connectivity index (χ4n) is 1.57. The van der Waals surface area contributed by atoms with Crippen LogP contribution in [0, 0.1) is 0 Å². The fraction of sp³-hybridized carbons (Fsp3) is 0.778. The van der Waals surface area contributed by atoms with E-state index in [2.05, 4.69) is 12.2 Å². The molecule has 0 radical (unpaired) electrons. The second-order valence-corrected chi connectivity index (χ2v) is 3.21. The van der Waals surface area contributed by atoms with Gasteiger partial charge in [0, 0.05) is 0 Å². The normalized spacial score (nSPS) is 39.2. The van der Waals surface area contributed by atoms with Crippen LogP contribution in [0.3, 0.4) is 0 Å². The van der Waals surface area contributed by atoms with Crippen LogP contribution in [0.25, 0.3) is 0 Å². The summed E-state index contributed by atoms with van der Waals surface area (Å²) in [7, 11) is 0. The van der Waals surface area contributed by atoms with Crippen LogP contribution in [0.2, 0.25) is 0 Å². The monoisotopic (exact) mass is 138 g/mol. The molecule has 2 rings (SSSR count). The Labute approximate surface area is 62.1 Å². The number of fused-ring (bicyclic) bond motifs is 1. The summed E-state index contributed by atoms with van der Waals surface area (Å²) < 4.78 is 5.41. The van der Waals surface area contributed by atoms with Crippen molar-refractivity contribution in [2.45, 2.75) is 44.3 Å². The highest BCUT2D eigenvalue weighted by Crippen LogP contribution is 2.29. The third kappa shape index (κ3) is 1.40. The van der Waals surface area contributed by atoms with Crippen molar-refractivity contribution in [2.75, 3.05) is 0 Å². The number of rotatable bonds is 0. The van der Waals surface area contributed by atoms with Crippen molar-refractivity contribution >= 4 is 0 Å². The van der Waals surface area contributed by atoms with Gasteiger partial charge in [0.2, 0.25) is 0 Å². The van der Waals surface area contributed by atoms with E-state index in [1.54, 1.807) is 0 Å². The van der Waals surface area contributed by atoms with Crippen molar-refractivity contribution in [3.63, 3.8) is 0 Å². The van der Waals surface area contributed by atoms with Crippen molar-refractivity contribution in [3.8, 4) is 0 Å². The Kier molecular flexibility index (Phi) is 1.76. The van der Waals surface area contributed by atoms with Gasteiger partial charge in [-0.1, -0.05) is 25.0 Å². The Balaban J connectivity index is 1.88. The SMILES string of the molecule is C1=CC2OC2CCCCC1. The lowest BCUT2D eigenvalue weighted by atomic mass is 10.1. The molecule has 0 aromatic heterocycles. The first-order valence-electron chi connectivity index (χ1n) is 4.29. The number of epoxide rings is 1. The van der Waals surface area contributed by atoms with E-state index in [4.69, 9.17) is 4.74 Å². The smallest absolute Gasteiger partial charge is 0.102 e. The molecule has 0 aromatic carbocycles. The van der Waals surface area contributed by atoms with Gasteiger partial charge in [-0.05, 0) is 19.3 Å². The lowest BCUT2D eigenvalue weighted by molar-refractivity contribution is 0.371. The Morgan fingerprint density at radius 1 is 1.20 bits per heavy atom. The van der Waals surface area contributed by atoms with E-state index < -0.39 is 0 Å². The highest BCUT2D eigenvalue weighted by atomic mass is 16.6. The van der Waals surface area contributed by atoms with Gasteiger partial charge in [0.05, 0.1) is 6.10 Å². The van der Waals surface area contributed by atoms with Gasteiger partial charge in [0.1, 0.15) is 6.10 Å². The lowest BCUT2D eigenvalue weighted by Crippen LogP contribution is -1.88. The maximum absolute atomic E-state index is 5.41. The number of hydrogen-bond donors (Lipinski definition) is 0. The van der Waals surface area contributed by atoms with E-state index >= 15 is 0 Å². The van der Waals surface area contributed by atoms with Crippen molar-refractivity contribution < 1.29 is 4.74 Å². The standard InChI is InChI=1S/C9H14O/c1-2-4-6-8-9(10-8)7-5-3-1/h4,6,8-9H,1-3,5,7H2. The number of hydrogen-bond acceptors (Lipinski definition) is 1. The highest BCUT2D eigenvalue weighted by molar-refractivity contribution is 5.02. The molecule has 1 fully saturated rings. The first kappa shape index (κ1) is 6.41. The molecule has 0 N–H and O–H groups in total. The highest BCUT2D eigenvalue weighted by Gasteiger charge is 2.35. The molecule has 1 heterocycles. The van der Waals surface area contributed by atoms with Crippen molar-refractivity contribution in [2.24, 2.45) is 0 Å². The molecular weight excluding hydrogens is 124 g/mol. The van der Waals surface area contributed by atoms with Crippen LogP contribution < -0.4 is 0 Å². The molecule has 0 bridgehead atoms. The molecule has 56 valence electrons. The molecule has 1 aliphatic carbocycles. The molecule has 1 nitrogen and oxygen atoms in total. The molecule has 1 heteroatoms. The fourth-order valence-corrected chi connectivity index (χ4v) is 1.57. The van der Waals surface area contributed by atoms with Gasteiger partial charge < -0.3 is 4.74 Å². The lowest BCUT2D eigenvalue weighted by Gasteiger charge is -1.93. The summed E-state index contributed by atoms with van der Waals surface area (Å²) in [5.41, 5.74) is 0. The predicted octanol–water partition coefficient (Wildman–Crippen LogP) is 2.27. The number of ether oxygens (including phenoxy) is 1. The molecule has 0 saturated carbocycles. The molecule has 0 amide bonds. The topological polar surface area (TPSA) is 12.5 Å². The van der Waals surface area contributed by atoms with Crippen molar-refractivity contribution in [1.29, 1.82) is 0 Å². The summed E-state index contributed by atoms with van der Waals surface area (Å²) in [5.74, 6) is 0. The Morgan fingerprint density at radius 2 is 2.20 bits per heavy atom. The van der Waals surface area contributed by atoms with Crippen LogP contribution in [0.1, 0.15) is 32.1 Å². The summed E-state index contributed by atoms with van der Waals surface area (Å²) in [4.78, 5) is 0. The minimum absolute atomic E-state index is 0.498. The van der Waals surface area contributed by atoms with Crippen molar-refractivity contribution in [3.05, 3.63) is 12.2 Å². The molecule has 1 aliphatic heterocycles.